The second kappa shape index (κ2) is 6.50. The molecular formula is C18H13ClO3. The van der Waals surface area contributed by atoms with Crippen LogP contribution in [0.2, 0.25) is 5.02 Å². The van der Waals surface area contributed by atoms with Crippen molar-refractivity contribution in [2.24, 2.45) is 0 Å². The number of halogens is 1. The Morgan fingerprint density at radius 3 is 2.45 bits per heavy atom. The third-order valence-electron chi connectivity index (χ3n) is 3.14. The first kappa shape index (κ1) is 14.4. The van der Waals surface area contributed by atoms with Gasteiger partial charge < -0.3 is 9.47 Å². The van der Waals surface area contributed by atoms with Crippen LogP contribution in [0.15, 0.2) is 66.7 Å². The van der Waals surface area contributed by atoms with Crippen LogP contribution in [-0.4, -0.2) is 12.6 Å². The van der Waals surface area contributed by atoms with Crippen molar-refractivity contribution in [3.8, 4) is 11.5 Å². The van der Waals surface area contributed by atoms with E-state index in [0.717, 1.165) is 10.8 Å². The Hall–Kier alpha value is -2.52. The fourth-order valence-electron chi connectivity index (χ4n) is 2.08. The van der Waals surface area contributed by atoms with Crippen molar-refractivity contribution in [2.45, 2.75) is 0 Å². The molecule has 0 bridgehead atoms. The molecule has 0 spiro atoms. The number of hydrogen-bond donors (Lipinski definition) is 0. The molecule has 3 nitrogen and oxygen atoms in total. The highest BCUT2D eigenvalue weighted by Gasteiger charge is 2.09. The molecule has 0 aliphatic heterocycles. The normalized spacial score (nSPS) is 10.4. The van der Waals surface area contributed by atoms with Crippen LogP contribution in [0, 0.1) is 0 Å². The van der Waals surface area contributed by atoms with Gasteiger partial charge >= 0.3 is 5.97 Å². The number of esters is 1. The molecule has 0 radical (unpaired) electrons. The van der Waals surface area contributed by atoms with Gasteiger partial charge in [-0.15, -0.1) is 0 Å². The maximum absolute atomic E-state index is 11.8. The first-order valence-electron chi connectivity index (χ1n) is 6.79. The van der Waals surface area contributed by atoms with Crippen molar-refractivity contribution in [2.75, 3.05) is 6.61 Å². The minimum absolute atomic E-state index is 0.177. The van der Waals surface area contributed by atoms with Crippen molar-refractivity contribution < 1.29 is 14.3 Å². The number of carbonyl (C=O) groups excluding carboxylic acids is 1. The standard InChI is InChI=1S/C18H13ClO3/c19-16-7-3-4-8-17(16)22-18(20)12-21-15-10-9-13-5-1-2-6-14(13)11-15/h1-11H,12H2. The Labute approximate surface area is 133 Å². The van der Waals surface area contributed by atoms with Crippen molar-refractivity contribution in [3.05, 3.63) is 71.8 Å². The molecule has 3 aromatic rings. The molecule has 0 N–H and O–H groups in total. The highest BCUT2D eigenvalue weighted by atomic mass is 35.5. The number of carbonyl (C=O) groups is 1. The van der Waals surface area contributed by atoms with E-state index < -0.39 is 5.97 Å². The molecule has 22 heavy (non-hydrogen) atoms. The minimum atomic E-state index is -0.499. The lowest BCUT2D eigenvalue weighted by Gasteiger charge is -2.08. The minimum Gasteiger partial charge on any atom is -0.482 e. The molecule has 0 atom stereocenters. The van der Waals surface area contributed by atoms with E-state index >= 15 is 0 Å². The quantitative estimate of drug-likeness (QED) is 0.526. The summed E-state index contributed by atoms with van der Waals surface area (Å²) in [5, 5.41) is 2.56. The molecule has 0 unspecified atom stereocenters. The average Bonchev–Trinajstić information content (AvgIpc) is 2.55. The molecule has 0 amide bonds. The van der Waals surface area contributed by atoms with Gasteiger partial charge in [-0.2, -0.15) is 0 Å². The van der Waals surface area contributed by atoms with E-state index in [1.807, 2.05) is 42.5 Å². The van der Waals surface area contributed by atoms with E-state index in [-0.39, 0.29) is 6.61 Å². The molecule has 0 aliphatic rings. The van der Waals surface area contributed by atoms with Gasteiger partial charge in [0.05, 0.1) is 5.02 Å². The maximum Gasteiger partial charge on any atom is 0.349 e. The van der Waals surface area contributed by atoms with Gasteiger partial charge in [0, 0.05) is 0 Å². The summed E-state index contributed by atoms with van der Waals surface area (Å²) in [5.41, 5.74) is 0. The van der Waals surface area contributed by atoms with E-state index in [1.165, 1.54) is 0 Å². The van der Waals surface area contributed by atoms with Crippen LogP contribution in [-0.2, 0) is 4.79 Å². The fraction of sp³-hybridized carbons (Fsp3) is 0.0556. The number of benzene rings is 3. The van der Waals surface area contributed by atoms with Gasteiger partial charge in [0.25, 0.3) is 0 Å². The summed E-state index contributed by atoms with van der Waals surface area (Å²) in [6.45, 7) is -0.177. The van der Waals surface area contributed by atoms with Crippen molar-refractivity contribution in [3.63, 3.8) is 0 Å². The molecule has 0 saturated carbocycles. The van der Waals surface area contributed by atoms with Crippen LogP contribution in [0.3, 0.4) is 0 Å². The van der Waals surface area contributed by atoms with Gasteiger partial charge in [0.1, 0.15) is 11.5 Å². The zero-order valence-corrected chi connectivity index (χ0v) is 12.4. The first-order chi connectivity index (χ1) is 10.7. The van der Waals surface area contributed by atoms with Gasteiger partial charge in [0.15, 0.2) is 6.61 Å². The summed E-state index contributed by atoms with van der Waals surface area (Å²) in [6, 6.07) is 20.4. The molecule has 3 aromatic carbocycles. The Bertz CT molecular complexity index is 814. The van der Waals surface area contributed by atoms with Gasteiger partial charge in [-0.05, 0) is 35.0 Å². The highest BCUT2D eigenvalue weighted by molar-refractivity contribution is 6.32. The SMILES string of the molecule is O=C(COc1ccc2ccccc2c1)Oc1ccccc1Cl. The Balaban J connectivity index is 1.63. The summed E-state index contributed by atoms with van der Waals surface area (Å²) in [5.74, 6) is 0.451. The molecular weight excluding hydrogens is 300 g/mol. The zero-order valence-electron chi connectivity index (χ0n) is 11.7. The summed E-state index contributed by atoms with van der Waals surface area (Å²) in [6.07, 6.45) is 0. The van der Waals surface area contributed by atoms with E-state index in [4.69, 9.17) is 21.1 Å². The van der Waals surface area contributed by atoms with Gasteiger partial charge in [-0.3, -0.25) is 0 Å². The number of para-hydroxylation sites is 1. The van der Waals surface area contributed by atoms with E-state index in [1.54, 1.807) is 24.3 Å². The molecule has 110 valence electrons. The summed E-state index contributed by atoms with van der Waals surface area (Å²) >= 11 is 5.93. The predicted octanol–water partition coefficient (Wildman–Crippen LogP) is 4.48. The van der Waals surface area contributed by atoms with Gasteiger partial charge in [0.2, 0.25) is 0 Å². The zero-order chi connectivity index (χ0) is 15.4. The van der Waals surface area contributed by atoms with Crippen molar-refractivity contribution >= 4 is 28.3 Å². The lowest BCUT2D eigenvalue weighted by Crippen LogP contribution is -2.17. The summed E-state index contributed by atoms with van der Waals surface area (Å²) in [4.78, 5) is 11.8. The van der Waals surface area contributed by atoms with Gasteiger partial charge in [-0.1, -0.05) is 54.1 Å². The molecule has 0 heterocycles. The van der Waals surface area contributed by atoms with Crippen LogP contribution >= 0.6 is 11.6 Å². The molecule has 0 fully saturated rings. The van der Waals surface area contributed by atoms with E-state index in [2.05, 4.69) is 0 Å². The molecule has 4 heteroatoms. The molecule has 3 rings (SSSR count). The van der Waals surface area contributed by atoms with E-state index in [0.29, 0.717) is 16.5 Å². The second-order valence-electron chi connectivity index (χ2n) is 4.70. The van der Waals surface area contributed by atoms with Crippen LogP contribution in [0.5, 0.6) is 11.5 Å². The monoisotopic (exact) mass is 312 g/mol. The number of hydrogen-bond acceptors (Lipinski definition) is 3. The smallest absolute Gasteiger partial charge is 0.349 e. The highest BCUT2D eigenvalue weighted by Crippen LogP contribution is 2.24. The van der Waals surface area contributed by atoms with Crippen molar-refractivity contribution in [1.29, 1.82) is 0 Å². The van der Waals surface area contributed by atoms with Crippen LogP contribution in [0.25, 0.3) is 10.8 Å². The fourth-order valence-corrected chi connectivity index (χ4v) is 2.25. The number of ether oxygens (including phenoxy) is 2. The van der Waals surface area contributed by atoms with Gasteiger partial charge in [-0.25, -0.2) is 4.79 Å². The number of rotatable bonds is 4. The maximum atomic E-state index is 11.8. The average molecular weight is 313 g/mol. The third-order valence-corrected chi connectivity index (χ3v) is 3.45. The lowest BCUT2D eigenvalue weighted by atomic mass is 10.1. The molecule has 0 aliphatic carbocycles. The van der Waals surface area contributed by atoms with Crippen LogP contribution in [0.4, 0.5) is 0 Å². The topological polar surface area (TPSA) is 35.5 Å². The Kier molecular flexibility index (Phi) is 4.26. The molecule has 0 saturated heterocycles. The Morgan fingerprint density at radius 2 is 1.64 bits per heavy atom. The molecule has 0 aromatic heterocycles. The third kappa shape index (κ3) is 3.38. The van der Waals surface area contributed by atoms with Crippen LogP contribution in [0.1, 0.15) is 0 Å². The second-order valence-corrected chi connectivity index (χ2v) is 5.11. The first-order valence-corrected chi connectivity index (χ1v) is 7.17. The van der Waals surface area contributed by atoms with Crippen molar-refractivity contribution in [1.82, 2.24) is 0 Å². The Morgan fingerprint density at radius 1 is 0.909 bits per heavy atom. The summed E-state index contributed by atoms with van der Waals surface area (Å²) in [7, 11) is 0. The number of fused-ring (bicyclic) bond motifs is 1. The van der Waals surface area contributed by atoms with Crippen LogP contribution < -0.4 is 9.47 Å². The lowest BCUT2D eigenvalue weighted by molar-refractivity contribution is -0.136. The predicted molar refractivity (Wildman–Crippen MR) is 86.5 cm³/mol. The summed E-state index contributed by atoms with van der Waals surface area (Å²) < 4.78 is 10.6. The van der Waals surface area contributed by atoms with E-state index in [9.17, 15) is 4.79 Å². The largest absolute Gasteiger partial charge is 0.482 e.